The molecule has 8 nitrogen and oxygen atoms in total. The van der Waals surface area contributed by atoms with Crippen LogP contribution in [0.4, 0.5) is 5.69 Å². The maximum absolute atomic E-state index is 12.7. The van der Waals surface area contributed by atoms with Gasteiger partial charge in [-0.15, -0.1) is 0 Å². The molecule has 2 aromatic heterocycles. The van der Waals surface area contributed by atoms with Crippen molar-refractivity contribution in [1.82, 2.24) is 14.5 Å². The molecule has 3 aromatic rings. The van der Waals surface area contributed by atoms with E-state index in [4.69, 9.17) is 4.74 Å². The summed E-state index contributed by atoms with van der Waals surface area (Å²) in [6.07, 6.45) is 5.26. The first-order valence-corrected chi connectivity index (χ1v) is 10.6. The van der Waals surface area contributed by atoms with Gasteiger partial charge in [-0.3, -0.25) is 9.59 Å². The summed E-state index contributed by atoms with van der Waals surface area (Å²) in [5.41, 5.74) is 4.27. The molecule has 0 unspecified atom stereocenters. The number of nitrogens with zero attached hydrogens (tertiary/aromatic N) is 2. The molecule has 3 heterocycles. The number of anilines is 1. The number of carbonyl (C=O) groups excluding carboxylic acids is 3. The summed E-state index contributed by atoms with van der Waals surface area (Å²) in [5.74, 6) is -0.158. The Bertz CT molecular complexity index is 1190. The van der Waals surface area contributed by atoms with Crippen LogP contribution in [-0.2, 0) is 28.9 Å². The molecule has 0 radical (unpaired) electrons. The van der Waals surface area contributed by atoms with Gasteiger partial charge in [-0.25, -0.2) is 9.78 Å². The zero-order valence-electron chi connectivity index (χ0n) is 18.4. The van der Waals surface area contributed by atoms with E-state index in [0.717, 1.165) is 30.8 Å². The van der Waals surface area contributed by atoms with Gasteiger partial charge in [-0.1, -0.05) is 0 Å². The second-order valence-electron chi connectivity index (χ2n) is 8.01. The van der Waals surface area contributed by atoms with Crippen LogP contribution in [0, 0.1) is 6.92 Å². The summed E-state index contributed by atoms with van der Waals surface area (Å²) in [6.45, 7) is 4.04. The van der Waals surface area contributed by atoms with Gasteiger partial charge in [0.05, 0.1) is 24.8 Å². The van der Waals surface area contributed by atoms with Crippen molar-refractivity contribution in [1.29, 1.82) is 0 Å². The molecule has 1 aliphatic heterocycles. The van der Waals surface area contributed by atoms with Crippen LogP contribution in [0.25, 0.3) is 11.4 Å². The molecule has 2 N–H and O–H groups in total. The van der Waals surface area contributed by atoms with Crippen molar-refractivity contribution in [3.05, 3.63) is 58.7 Å². The van der Waals surface area contributed by atoms with Gasteiger partial charge in [-0.05, 0) is 56.0 Å². The van der Waals surface area contributed by atoms with E-state index in [9.17, 15) is 14.4 Å². The number of aryl methyl sites for hydroxylation is 1. The Morgan fingerprint density at radius 2 is 1.94 bits per heavy atom. The molecule has 1 amide bonds. The highest BCUT2D eigenvalue weighted by atomic mass is 16.5. The van der Waals surface area contributed by atoms with E-state index in [1.807, 2.05) is 30.5 Å². The summed E-state index contributed by atoms with van der Waals surface area (Å²) in [7, 11) is 1.27. The number of hydrogen-bond donors (Lipinski definition) is 2. The fourth-order valence-corrected chi connectivity index (χ4v) is 4.26. The van der Waals surface area contributed by atoms with E-state index >= 15 is 0 Å². The van der Waals surface area contributed by atoms with Gasteiger partial charge in [0.2, 0.25) is 5.91 Å². The largest absolute Gasteiger partial charge is 0.465 e. The Kier molecular flexibility index (Phi) is 5.94. The van der Waals surface area contributed by atoms with Crippen molar-refractivity contribution in [2.24, 2.45) is 0 Å². The first-order valence-electron chi connectivity index (χ1n) is 10.6. The number of nitrogens with one attached hydrogen (secondary N) is 2. The molecule has 0 atom stereocenters. The average molecular weight is 434 g/mol. The van der Waals surface area contributed by atoms with Gasteiger partial charge in [0.25, 0.3) is 0 Å². The third kappa shape index (κ3) is 4.08. The van der Waals surface area contributed by atoms with Crippen LogP contribution < -0.4 is 5.32 Å². The molecule has 0 saturated heterocycles. The van der Waals surface area contributed by atoms with E-state index in [-0.39, 0.29) is 23.7 Å². The molecule has 4 rings (SSSR count). The number of ketones is 1. The highest BCUT2D eigenvalue weighted by Gasteiger charge is 2.24. The number of ether oxygens (including phenoxy) is 1. The maximum Gasteiger partial charge on any atom is 0.339 e. The van der Waals surface area contributed by atoms with E-state index < -0.39 is 5.97 Å². The third-order valence-electron chi connectivity index (χ3n) is 5.84. The lowest BCUT2D eigenvalue weighted by molar-refractivity contribution is -0.115. The first kappa shape index (κ1) is 21.5. The molecule has 0 fully saturated rings. The monoisotopic (exact) mass is 434 g/mol. The summed E-state index contributed by atoms with van der Waals surface area (Å²) in [5, 5.41) is 2.84. The van der Waals surface area contributed by atoms with E-state index in [0.29, 0.717) is 22.6 Å². The Hall–Kier alpha value is -3.68. The fraction of sp³-hybridized carbons (Fsp3) is 0.333. The van der Waals surface area contributed by atoms with Gasteiger partial charge in [0, 0.05) is 42.3 Å². The third-order valence-corrected chi connectivity index (χ3v) is 5.84. The Morgan fingerprint density at radius 1 is 1.19 bits per heavy atom. The number of H-pyrrole nitrogens is 1. The molecule has 166 valence electrons. The highest BCUT2D eigenvalue weighted by molar-refractivity contribution is 6.02. The number of aromatic amines is 1. The molecule has 0 spiro atoms. The SMILES string of the molecule is COC(=O)c1c(CC(=O)Nc2ccc(-c3ncc4n3CCCC4)cc2)[nH]c(C(C)=O)c1C. The minimum absolute atomic E-state index is 0.0892. The molecule has 1 aliphatic rings. The van der Waals surface area contributed by atoms with Crippen LogP contribution in [0.2, 0.25) is 0 Å². The predicted octanol–water partition coefficient (Wildman–Crippen LogP) is 3.69. The quantitative estimate of drug-likeness (QED) is 0.455. The Morgan fingerprint density at radius 3 is 2.62 bits per heavy atom. The molecule has 32 heavy (non-hydrogen) atoms. The predicted molar refractivity (Wildman–Crippen MR) is 120 cm³/mol. The van der Waals surface area contributed by atoms with Crippen LogP contribution >= 0.6 is 0 Å². The van der Waals surface area contributed by atoms with Crippen LogP contribution in [0.1, 0.15) is 57.6 Å². The second-order valence-corrected chi connectivity index (χ2v) is 8.01. The van der Waals surface area contributed by atoms with Crippen LogP contribution in [0.15, 0.2) is 30.5 Å². The number of carbonyl (C=O) groups is 3. The maximum atomic E-state index is 12.7. The van der Waals surface area contributed by atoms with E-state index in [2.05, 4.69) is 19.9 Å². The molecule has 0 saturated carbocycles. The normalized spacial score (nSPS) is 12.8. The van der Waals surface area contributed by atoms with Crippen LogP contribution in [0.3, 0.4) is 0 Å². The number of aromatic nitrogens is 3. The molecule has 0 bridgehead atoms. The first-order chi connectivity index (χ1) is 15.4. The number of fused-ring (bicyclic) bond motifs is 1. The topological polar surface area (TPSA) is 106 Å². The van der Waals surface area contributed by atoms with Crippen LogP contribution in [-0.4, -0.2) is 39.3 Å². The number of esters is 1. The average Bonchev–Trinajstić information content (AvgIpc) is 3.35. The van der Waals surface area contributed by atoms with Crippen molar-refractivity contribution in [2.45, 2.75) is 46.1 Å². The van der Waals surface area contributed by atoms with Gasteiger partial charge in [0.1, 0.15) is 5.82 Å². The lowest BCUT2D eigenvalue weighted by Gasteiger charge is -2.16. The van der Waals surface area contributed by atoms with Crippen LogP contribution in [0.5, 0.6) is 0 Å². The van der Waals surface area contributed by atoms with Gasteiger partial charge < -0.3 is 19.6 Å². The van der Waals surface area contributed by atoms with E-state index in [1.54, 1.807) is 6.92 Å². The zero-order chi connectivity index (χ0) is 22.8. The van der Waals surface area contributed by atoms with Crippen molar-refractivity contribution in [3.8, 4) is 11.4 Å². The van der Waals surface area contributed by atoms with Gasteiger partial charge >= 0.3 is 5.97 Å². The number of amides is 1. The Balaban J connectivity index is 1.49. The van der Waals surface area contributed by atoms with Gasteiger partial charge in [0.15, 0.2) is 5.78 Å². The zero-order valence-corrected chi connectivity index (χ0v) is 18.4. The number of hydrogen-bond acceptors (Lipinski definition) is 5. The number of rotatable bonds is 6. The number of benzene rings is 1. The molecule has 1 aromatic carbocycles. The van der Waals surface area contributed by atoms with E-state index in [1.165, 1.54) is 26.1 Å². The lowest BCUT2D eigenvalue weighted by atomic mass is 10.1. The lowest BCUT2D eigenvalue weighted by Crippen LogP contribution is -2.17. The Labute approximate surface area is 186 Å². The minimum Gasteiger partial charge on any atom is -0.465 e. The minimum atomic E-state index is -0.582. The summed E-state index contributed by atoms with van der Waals surface area (Å²) in [6, 6.07) is 7.54. The van der Waals surface area contributed by atoms with Crippen molar-refractivity contribution < 1.29 is 19.1 Å². The standard InChI is InChI=1S/C24H26N4O4/c1-14-21(24(31)32-3)19(27-22(14)15(2)29)12-20(30)26-17-9-7-16(8-10-17)23-25-13-18-6-4-5-11-28(18)23/h7-10,13,27H,4-6,11-12H2,1-3H3,(H,26,30). The summed E-state index contributed by atoms with van der Waals surface area (Å²) < 4.78 is 7.08. The fourth-order valence-electron chi connectivity index (χ4n) is 4.26. The smallest absolute Gasteiger partial charge is 0.339 e. The van der Waals surface area contributed by atoms with Crippen molar-refractivity contribution in [3.63, 3.8) is 0 Å². The highest BCUT2D eigenvalue weighted by Crippen LogP contribution is 2.26. The molecular weight excluding hydrogens is 408 g/mol. The summed E-state index contributed by atoms with van der Waals surface area (Å²) in [4.78, 5) is 44.2. The molecule has 8 heteroatoms. The summed E-state index contributed by atoms with van der Waals surface area (Å²) >= 11 is 0. The van der Waals surface area contributed by atoms with Crippen molar-refractivity contribution >= 4 is 23.3 Å². The second kappa shape index (κ2) is 8.82. The van der Waals surface area contributed by atoms with Gasteiger partial charge in [-0.2, -0.15) is 0 Å². The molecular formula is C24H26N4O4. The number of imidazole rings is 1. The number of Topliss-reactive ketones (excluding diaryl/α,β-unsaturated/α-hetero) is 1. The van der Waals surface area contributed by atoms with Crippen molar-refractivity contribution in [2.75, 3.05) is 12.4 Å². The number of methoxy groups -OCH3 is 1. The molecule has 0 aliphatic carbocycles.